The van der Waals surface area contributed by atoms with Crippen LogP contribution in [0.5, 0.6) is 5.75 Å². The van der Waals surface area contributed by atoms with Crippen molar-refractivity contribution in [3.8, 4) is 5.75 Å². The lowest BCUT2D eigenvalue weighted by molar-refractivity contribution is -0.138. The summed E-state index contributed by atoms with van der Waals surface area (Å²) in [7, 11) is 0. The molecule has 3 heterocycles. The average molecular weight is 443 g/mol. The smallest absolute Gasteiger partial charge is 0.277 e. The standard InChI is InChI=1S/C24H34N4O4/c1-3-25-9-12-27(13-10-25)22-21(19-5-7-20(8-6-19)32-4-2)23(29)28(24(22)30)14-11-26-15-17-31-18-16-26/h5-8H,3-4,9-18H2,1-2H3. The largest absolute Gasteiger partial charge is 0.494 e. The topological polar surface area (TPSA) is 65.6 Å². The highest BCUT2D eigenvalue weighted by molar-refractivity contribution is 6.35. The number of hydrogen-bond acceptors (Lipinski definition) is 7. The van der Waals surface area contributed by atoms with Gasteiger partial charge in [0.15, 0.2) is 0 Å². The number of nitrogens with zero attached hydrogens (tertiary/aromatic N) is 4. The molecule has 1 aromatic carbocycles. The molecule has 0 radical (unpaired) electrons. The van der Waals surface area contributed by atoms with E-state index in [9.17, 15) is 9.59 Å². The van der Waals surface area contributed by atoms with Crippen LogP contribution in [-0.2, 0) is 14.3 Å². The summed E-state index contributed by atoms with van der Waals surface area (Å²) >= 11 is 0. The molecule has 0 unspecified atom stereocenters. The van der Waals surface area contributed by atoms with Gasteiger partial charge in [-0.2, -0.15) is 0 Å². The number of imide groups is 1. The highest BCUT2D eigenvalue weighted by Gasteiger charge is 2.42. The fourth-order valence-electron chi connectivity index (χ4n) is 4.56. The number of carbonyl (C=O) groups excluding carboxylic acids is 2. The van der Waals surface area contributed by atoms with Crippen molar-refractivity contribution >= 4 is 17.4 Å². The average Bonchev–Trinajstić information content (AvgIpc) is 3.08. The van der Waals surface area contributed by atoms with E-state index in [2.05, 4.69) is 21.6 Å². The van der Waals surface area contributed by atoms with Gasteiger partial charge in [-0.15, -0.1) is 0 Å². The molecular weight excluding hydrogens is 408 g/mol. The van der Waals surface area contributed by atoms with Crippen molar-refractivity contribution in [2.45, 2.75) is 13.8 Å². The van der Waals surface area contributed by atoms with E-state index >= 15 is 0 Å². The highest BCUT2D eigenvalue weighted by atomic mass is 16.5. The molecule has 2 fully saturated rings. The van der Waals surface area contributed by atoms with E-state index in [1.165, 1.54) is 4.90 Å². The van der Waals surface area contributed by atoms with E-state index < -0.39 is 0 Å². The van der Waals surface area contributed by atoms with Crippen LogP contribution in [0.3, 0.4) is 0 Å². The number of rotatable bonds is 8. The first-order valence-corrected chi connectivity index (χ1v) is 11.7. The van der Waals surface area contributed by atoms with Crippen molar-refractivity contribution in [1.29, 1.82) is 0 Å². The van der Waals surface area contributed by atoms with Crippen molar-refractivity contribution in [2.24, 2.45) is 0 Å². The number of amides is 2. The van der Waals surface area contributed by atoms with Crippen LogP contribution in [0.15, 0.2) is 30.0 Å². The zero-order chi connectivity index (χ0) is 22.5. The zero-order valence-electron chi connectivity index (χ0n) is 19.2. The number of carbonyl (C=O) groups is 2. The minimum absolute atomic E-state index is 0.169. The van der Waals surface area contributed by atoms with Crippen LogP contribution in [-0.4, -0.2) is 110 Å². The quantitative estimate of drug-likeness (QED) is 0.560. The molecule has 2 saturated heterocycles. The summed E-state index contributed by atoms with van der Waals surface area (Å²) in [6.45, 7) is 13.1. The number of piperazine rings is 1. The van der Waals surface area contributed by atoms with E-state index in [-0.39, 0.29) is 11.8 Å². The predicted octanol–water partition coefficient (Wildman–Crippen LogP) is 1.13. The lowest BCUT2D eigenvalue weighted by Crippen LogP contribution is -2.48. The number of ether oxygens (including phenoxy) is 2. The second kappa shape index (κ2) is 10.5. The Kier molecular flexibility index (Phi) is 7.44. The molecule has 174 valence electrons. The monoisotopic (exact) mass is 442 g/mol. The molecule has 2 amide bonds. The normalized spacial score (nSPS) is 21.1. The van der Waals surface area contributed by atoms with Crippen LogP contribution in [0.4, 0.5) is 0 Å². The summed E-state index contributed by atoms with van der Waals surface area (Å²) in [4.78, 5) is 35.2. The Morgan fingerprint density at radius 2 is 1.53 bits per heavy atom. The van der Waals surface area contributed by atoms with Gasteiger partial charge in [-0.05, 0) is 31.2 Å². The summed E-state index contributed by atoms with van der Waals surface area (Å²) in [5.74, 6) is 0.397. The molecular formula is C24H34N4O4. The number of hydrogen-bond donors (Lipinski definition) is 0. The van der Waals surface area contributed by atoms with Crippen molar-refractivity contribution in [3.63, 3.8) is 0 Å². The molecule has 32 heavy (non-hydrogen) atoms. The van der Waals surface area contributed by atoms with Gasteiger partial charge in [-0.1, -0.05) is 19.1 Å². The van der Waals surface area contributed by atoms with Crippen LogP contribution in [0, 0.1) is 0 Å². The lowest BCUT2D eigenvalue weighted by atomic mass is 10.0. The number of benzene rings is 1. The first kappa shape index (κ1) is 22.8. The van der Waals surface area contributed by atoms with Crippen LogP contribution in [0.2, 0.25) is 0 Å². The molecule has 1 aromatic rings. The molecule has 3 aliphatic rings. The number of morpholine rings is 1. The second-order valence-electron chi connectivity index (χ2n) is 8.32. The van der Waals surface area contributed by atoms with Gasteiger partial charge in [0.05, 0.1) is 25.4 Å². The minimum atomic E-state index is -0.194. The fraction of sp³-hybridized carbons (Fsp3) is 0.583. The maximum absolute atomic E-state index is 13.5. The molecule has 8 nitrogen and oxygen atoms in total. The van der Waals surface area contributed by atoms with E-state index in [1.807, 2.05) is 31.2 Å². The summed E-state index contributed by atoms with van der Waals surface area (Å²) in [6, 6.07) is 7.51. The fourth-order valence-corrected chi connectivity index (χ4v) is 4.56. The Morgan fingerprint density at radius 1 is 0.844 bits per heavy atom. The molecule has 3 aliphatic heterocycles. The Morgan fingerprint density at radius 3 is 2.16 bits per heavy atom. The Labute approximate surface area is 190 Å². The van der Waals surface area contributed by atoms with Gasteiger partial charge in [0, 0.05) is 52.4 Å². The van der Waals surface area contributed by atoms with Crippen LogP contribution in [0.1, 0.15) is 19.4 Å². The second-order valence-corrected chi connectivity index (χ2v) is 8.32. The third-order valence-electron chi connectivity index (χ3n) is 6.48. The van der Waals surface area contributed by atoms with Crippen molar-refractivity contribution in [3.05, 3.63) is 35.5 Å². The van der Waals surface area contributed by atoms with Crippen LogP contribution < -0.4 is 4.74 Å². The van der Waals surface area contributed by atoms with E-state index in [4.69, 9.17) is 9.47 Å². The SMILES string of the molecule is CCOc1ccc(C2=C(N3CCN(CC)CC3)C(=O)N(CCN3CCOCC3)C2=O)cc1. The van der Waals surface area contributed by atoms with Crippen molar-refractivity contribution in [2.75, 3.05) is 78.7 Å². The Bertz CT molecular complexity index is 840. The predicted molar refractivity (Wildman–Crippen MR) is 122 cm³/mol. The molecule has 0 spiro atoms. The minimum Gasteiger partial charge on any atom is -0.494 e. The molecule has 0 aromatic heterocycles. The van der Waals surface area contributed by atoms with Gasteiger partial charge in [0.25, 0.3) is 11.8 Å². The molecule has 0 bridgehead atoms. The third kappa shape index (κ3) is 4.82. The van der Waals surface area contributed by atoms with Crippen LogP contribution >= 0.6 is 0 Å². The van der Waals surface area contributed by atoms with Gasteiger partial charge in [0.1, 0.15) is 11.4 Å². The van der Waals surface area contributed by atoms with E-state index in [0.29, 0.717) is 44.2 Å². The third-order valence-corrected chi connectivity index (χ3v) is 6.48. The first-order valence-electron chi connectivity index (χ1n) is 11.7. The molecule has 4 rings (SSSR count). The number of likely N-dealkylation sites (N-methyl/N-ethyl adjacent to an activating group) is 1. The molecule has 8 heteroatoms. The Balaban J connectivity index is 1.58. The van der Waals surface area contributed by atoms with Gasteiger partial charge < -0.3 is 19.3 Å². The zero-order valence-corrected chi connectivity index (χ0v) is 19.2. The molecule has 0 aliphatic carbocycles. The maximum Gasteiger partial charge on any atom is 0.277 e. The summed E-state index contributed by atoms with van der Waals surface area (Å²) in [5, 5.41) is 0. The van der Waals surface area contributed by atoms with Crippen molar-refractivity contribution in [1.82, 2.24) is 19.6 Å². The first-order chi connectivity index (χ1) is 15.6. The van der Waals surface area contributed by atoms with Gasteiger partial charge in [-0.25, -0.2) is 0 Å². The van der Waals surface area contributed by atoms with Gasteiger partial charge in [0.2, 0.25) is 0 Å². The Hall–Kier alpha value is -2.42. The molecule has 0 N–H and O–H groups in total. The summed E-state index contributed by atoms with van der Waals surface area (Å²) in [6.07, 6.45) is 0. The van der Waals surface area contributed by atoms with Crippen molar-refractivity contribution < 1.29 is 19.1 Å². The maximum atomic E-state index is 13.5. The lowest BCUT2D eigenvalue weighted by Gasteiger charge is -2.36. The van der Waals surface area contributed by atoms with Gasteiger partial charge in [-0.3, -0.25) is 19.4 Å². The summed E-state index contributed by atoms with van der Waals surface area (Å²) < 4.78 is 11.0. The van der Waals surface area contributed by atoms with Gasteiger partial charge >= 0.3 is 0 Å². The highest BCUT2D eigenvalue weighted by Crippen LogP contribution is 2.33. The van der Waals surface area contributed by atoms with Crippen LogP contribution in [0.25, 0.3) is 5.57 Å². The summed E-state index contributed by atoms with van der Waals surface area (Å²) in [5.41, 5.74) is 1.84. The molecule has 0 atom stereocenters. The van der Waals surface area contributed by atoms with E-state index in [0.717, 1.165) is 57.1 Å². The molecule has 0 saturated carbocycles. The van der Waals surface area contributed by atoms with E-state index in [1.54, 1.807) is 0 Å².